The molecule has 0 spiro atoms. The van der Waals surface area contributed by atoms with Gasteiger partial charge in [0, 0.05) is 0 Å². The van der Waals surface area contributed by atoms with Gasteiger partial charge in [0.15, 0.2) is 0 Å². The van der Waals surface area contributed by atoms with Crippen molar-refractivity contribution in [2.45, 2.75) is 6.18 Å². The Hall–Kier alpha value is -0.820. The fourth-order valence-electron chi connectivity index (χ4n) is 0. The van der Waals surface area contributed by atoms with Crippen LogP contribution < -0.4 is 11.0 Å². The van der Waals surface area contributed by atoms with E-state index >= 15 is 0 Å². The maximum absolute atomic E-state index is 10.5. The van der Waals surface area contributed by atoms with E-state index in [9.17, 15) is 13.2 Å². The van der Waals surface area contributed by atoms with E-state index in [-0.39, 0.29) is 0 Å². The molecule has 0 aromatic rings. The van der Waals surface area contributed by atoms with E-state index < -0.39 is 12.1 Å². The molecule has 0 aromatic carbocycles. The van der Waals surface area contributed by atoms with Gasteiger partial charge in [0.2, 0.25) is 0 Å². The van der Waals surface area contributed by atoms with Crippen molar-refractivity contribution in [1.82, 2.24) is 0 Å². The Bertz CT molecular complexity index is 89.5. The summed E-state index contributed by atoms with van der Waals surface area (Å²) in [5, 5.41) is 15.5. The third-order valence-corrected chi connectivity index (χ3v) is 0.231. The molecule has 0 fully saturated rings. The highest BCUT2D eigenvalue weighted by Crippen LogP contribution is 2.11. The molecule has 0 saturated carbocycles. The zero-order chi connectivity index (χ0) is 8.08. The fraction of sp³-hybridized carbons (Fsp3) is 0.500. The van der Waals surface area contributed by atoms with Crippen LogP contribution in [0.2, 0.25) is 0 Å². The molecule has 0 rings (SSSR count). The van der Waals surface area contributed by atoms with Crippen LogP contribution >= 0.6 is 0 Å². The number of quaternary nitrogens is 1. The highest BCUT2D eigenvalue weighted by Gasteiger charge is 2.28. The fourth-order valence-corrected chi connectivity index (χ4v) is 0. The lowest BCUT2D eigenvalue weighted by molar-refractivity contribution is -0.670. The summed E-state index contributed by atoms with van der Waals surface area (Å²) < 4.78 is 31.5. The summed E-state index contributed by atoms with van der Waals surface area (Å²) in [6, 6.07) is 0. The Kier molecular flexibility index (Phi) is 5.03. The number of alkyl halides is 3. The molecule has 0 radical (unpaired) electrons. The Balaban J connectivity index is 0. The highest BCUT2D eigenvalue weighted by molar-refractivity contribution is 5.70. The minimum atomic E-state index is -5.19. The molecule has 0 atom stereocenters. The van der Waals surface area contributed by atoms with Crippen LogP contribution in [0.15, 0.2) is 0 Å². The second-order valence-corrected chi connectivity index (χ2v) is 0.785. The lowest BCUT2D eigenvalue weighted by Crippen LogP contribution is -2.42. The van der Waals surface area contributed by atoms with Crippen molar-refractivity contribution < 1.29 is 34.2 Å². The quantitative estimate of drug-likeness (QED) is 0.385. The van der Waals surface area contributed by atoms with E-state index in [4.69, 9.17) is 15.1 Å². The third kappa shape index (κ3) is 7.18. The first-order chi connectivity index (χ1) is 3.94. The number of rotatable bonds is 0. The highest BCUT2D eigenvalue weighted by atomic mass is 19.4. The van der Waals surface area contributed by atoms with E-state index in [1.807, 2.05) is 0 Å². The Labute approximate surface area is 47.7 Å². The Morgan fingerprint density at radius 1 is 1.44 bits per heavy atom. The largest absolute Gasteiger partial charge is 0.542 e. The number of carbonyl (C=O) groups is 1. The van der Waals surface area contributed by atoms with E-state index in [1.54, 1.807) is 0 Å². The van der Waals surface area contributed by atoms with Crippen LogP contribution in [0.25, 0.3) is 0 Å². The van der Waals surface area contributed by atoms with E-state index in [1.165, 1.54) is 0 Å². The molecule has 0 aliphatic rings. The average Bonchev–Trinajstić information content (AvgIpc) is 1.69. The Morgan fingerprint density at radius 2 is 1.56 bits per heavy atom. The maximum atomic E-state index is 10.5. The van der Waals surface area contributed by atoms with Crippen LogP contribution in [0.1, 0.15) is 0 Å². The first kappa shape index (κ1) is 11.0. The van der Waals surface area contributed by atoms with Crippen LogP contribution in [-0.4, -0.2) is 17.4 Å². The minimum Gasteiger partial charge on any atom is -0.542 e. The molecule has 0 aliphatic heterocycles. The summed E-state index contributed by atoms with van der Waals surface area (Å²) in [6.45, 7) is 0. The number of hydrogen-bond donors (Lipinski definition) is 2. The molecule has 0 aromatic heterocycles. The molecule has 4 nitrogen and oxygen atoms in total. The van der Waals surface area contributed by atoms with Crippen LogP contribution in [-0.2, 0) is 4.79 Å². The smallest absolute Gasteiger partial charge is 0.430 e. The molecule has 7 heteroatoms. The van der Waals surface area contributed by atoms with Gasteiger partial charge >= 0.3 is 6.18 Å². The van der Waals surface area contributed by atoms with Crippen molar-refractivity contribution in [2.75, 3.05) is 0 Å². The number of carboxylic acids is 1. The van der Waals surface area contributed by atoms with Gasteiger partial charge in [-0.3, -0.25) is 0 Å². The normalized spacial score (nSPS) is 9.44. The molecule has 4 N–H and O–H groups in total. The summed E-state index contributed by atoms with van der Waals surface area (Å²) in [5.41, 5.74) is 0. The van der Waals surface area contributed by atoms with Gasteiger partial charge in [-0.25, -0.2) is 11.1 Å². The summed E-state index contributed by atoms with van der Waals surface area (Å²) in [4.78, 5) is 8.78. The number of aliphatic carboxylic acids is 1. The molecule has 0 amide bonds. The molecule has 0 saturated heterocycles. The monoisotopic (exact) mass is 147 g/mol. The predicted molar refractivity (Wildman–Crippen MR) is 15.7 cm³/mol. The summed E-state index contributed by atoms with van der Waals surface area (Å²) in [5.74, 6) is -0.757. The first-order valence-corrected chi connectivity index (χ1v) is 1.54. The molecular weight excluding hydrogens is 143 g/mol. The SMILES string of the molecule is O=C([O-])C(F)(F)F.[NH3+]O. The molecule has 0 heterocycles. The van der Waals surface area contributed by atoms with Crippen LogP contribution in [0, 0.1) is 0 Å². The summed E-state index contributed by atoms with van der Waals surface area (Å²) in [6.07, 6.45) is -5.19. The van der Waals surface area contributed by atoms with E-state index in [2.05, 4.69) is 5.90 Å². The van der Waals surface area contributed by atoms with Crippen molar-refractivity contribution in [3.63, 3.8) is 0 Å². The molecule has 0 bridgehead atoms. The Morgan fingerprint density at radius 3 is 1.56 bits per heavy atom. The van der Waals surface area contributed by atoms with Gasteiger partial charge in [0.1, 0.15) is 5.97 Å². The van der Waals surface area contributed by atoms with Crippen LogP contribution in [0.5, 0.6) is 0 Å². The second-order valence-electron chi connectivity index (χ2n) is 0.785. The molecular formula is C2H4F3NO3. The van der Waals surface area contributed by atoms with Crippen LogP contribution in [0.3, 0.4) is 0 Å². The first-order valence-electron chi connectivity index (χ1n) is 1.54. The number of halogens is 3. The predicted octanol–water partition coefficient (Wildman–Crippen LogP) is -2.08. The van der Waals surface area contributed by atoms with Gasteiger partial charge in [-0.05, 0) is 0 Å². The second kappa shape index (κ2) is 4.10. The van der Waals surface area contributed by atoms with Crippen molar-refractivity contribution in [1.29, 1.82) is 0 Å². The molecule has 0 aliphatic carbocycles. The summed E-state index contributed by atoms with van der Waals surface area (Å²) in [7, 11) is 0. The van der Waals surface area contributed by atoms with Gasteiger partial charge in [-0.1, -0.05) is 0 Å². The number of carboxylic acid groups (broad SMARTS) is 1. The number of carbonyl (C=O) groups excluding carboxylic acids is 1. The maximum Gasteiger partial charge on any atom is 0.430 e. The molecule has 9 heavy (non-hydrogen) atoms. The zero-order valence-electron chi connectivity index (χ0n) is 4.10. The van der Waals surface area contributed by atoms with Crippen molar-refractivity contribution in [3.8, 4) is 0 Å². The van der Waals surface area contributed by atoms with Gasteiger partial charge in [-0.2, -0.15) is 13.2 Å². The lowest BCUT2D eigenvalue weighted by Gasteiger charge is -2.03. The van der Waals surface area contributed by atoms with Crippen molar-refractivity contribution >= 4 is 5.97 Å². The van der Waals surface area contributed by atoms with E-state index in [0.717, 1.165) is 0 Å². The zero-order valence-corrected chi connectivity index (χ0v) is 4.10. The van der Waals surface area contributed by atoms with Crippen LogP contribution in [0.4, 0.5) is 13.2 Å². The third-order valence-electron chi connectivity index (χ3n) is 0.231. The van der Waals surface area contributed by atoms with Crippen molar-refractivity contribution in [3.05, 3.63) is 0 Å². The van der Waals surface area contributed by atoms with Gasteiger partial charge in [0.25, 0.3) is 0 Å². The van der Waals surface area contributed by atoms with Gasteiger partial charge < -0.3 is 9.90 Å². The minimum absolute atomic E-state index is 2.25. The van der Waals surface area contributed by atoms with Gasteiger partial charge in [0.05, 0.1) is 0 Å². The molecule has 0 unspecified atom stereocenters. The molecule has 56 valence electrons. The number of hydrogen-bond acceptors (Lipinski definition) is 3. The topological polar surface area (TPSA) is 88.0 Å². The van der Waals surface area contributed by atoms with E-state index in [0.29, 0.717) is 0 Å². The van der Waals surface area contributed by atoms with Crippen molar-refractivity contribution in [2.24, 2.45) is 0 Å². The van der Waals surface area contributed by atoms with Gasteiger partial charge in [-0.15, -0.1) is 0 Å². The lowest BCUT2D eigenvalue weighted by atomic mass is 10.7. The average molecular weight is 147 g/mol. The standard InChI is InChI=1S/C2HF3O2.H4NO/c3-2(4,5)1(6)7;1-2/h(H,6,7);2H,1H3/q;+1/p-1. The summed E-state index contributed by atoms with van der Waals surface area (Å²) >= 11 is 0.